The van der Waals surface area contributed by atoms with E-state index in [0.29, 0.717) is 51.4 Å². The number of anilines is 3. The number of rotatable bonds is 11. The molecule has 0 aliphatic carbocycles. The zero-order chi connectivity index (χ0) is 26.7. The molecule has 0 saturated carbocycles. The lowest BCUT2D eigenvalue weighted by atomic mass is 10.2. The summed E-state index contributed by atoms with van der Waals surface area (Å²) in [6.07, 6.45) is 1.75. The van der Waals surface area contributed by atoms with Crippen LogP contribution in [0.4, 0.5) is 17.6 Å². The molecule has 0 bridgehead atoms. The number of hydrogen-bond acceptors (Lipinski definition) is 11. The summed E-state index contributed by atoms with van der Waals surface area (Å²) in [7, 11) is 1.63. The van der Waals surface area contributed by atoms with Crippen LogP contribution in [0.25, 0.3) is 0 Å². The summed E-state index contributed by atoms with van der Waals surface area (Å²) >= 11 is 0. The molecule has 39 heavy (non-hydrogen) atoms. The van der Waals surface area contributed by atoms with E-state index in [4.69, 9.17) is 33.7 Å². The molecule has 206 valence electrons. The van der Waals surface area contributed by atoms with E-state index in [-0.39, 0.29) is 0 Å². The first-order valence-electron chi connectivity index (χ1n) is 13.1. The van der Waals surface area contributed by atoms with Gasteiger partial charge in [0.05, 0.1) is 39.8 Å². The number of morpholine rings is 2. The first-order valence-corrected chi connectivity index (χ1v) is 13.1. The summed E-state index contributed by atoms with van der Waals surface area (Å²) in [5.74, 6) is 4.45. The highest BCUT2D eigenvalue weighted by molar-refractivity contribution is 5.80. The molecule has 0 amide bonds. The van der Waals surface area contributed by atoms with Gasteiger partial charge in [-0.1, -0.05) is 6.07 Å². The molecule has 0 radical (unpaired) electrons. The second kappa shape index (κ2) is 13.6. The molecule has 5 rings (SSSR count). The molecular weight excluding hydrogens is 500 g/mol. The number of nitrogens with zero attached hydrogens (tertiary/aromatic N) is 5. The standard InChI is InChI=1S/C28H34N6O5/c1-35-24-3-2-4-25(19-24)39-18-17-38-23-7-5-22(6-8-23)21-29-32-26-20-27(33-9-13-36-14-10-33)31-28(30-26)34-11-15-37-16-12-34/h2-8,19-21H,9-18H2,1H3,(H,30,31,32)/b29-21-. The van der Waals surface area contributed by atoms with Crippen LogP contribution >= 0.6 is 0 Å². The normalized spacial score (nSPS) is 15.8. The number of ether oxygens (including phenoxy) is 5. The summed E-state index contributed by atoms with van der Waals surface area (Å²) < 4.78 is 27.7. The van der Waals surface area contributed by atoms with Crippen molar-refractivity contribution in [3.05, 3.63) is 60.2 Å². The Labute approximate surface area is 228 Å². The maximum atomic E-state index is 5.79. The zero-order valence-corrected chi connectivity index (χ0v) is 22.1. The van der Waals surface area contributed by atoms with E-state index in [2.05, 4.69) is 20.3 Å². The van der Waals surface area contributed by atoms with Crippen molar-refractivity contribution in [1.29, 1.82) is 0 Å². The molecule has 11 nitrogen and oxygen atoms in total. The van der Waals surface area contributed by atoms with Gasteiger partial charge in [0.25, 0.3) is 0 Å². The fourth-order valence-corrected chi connectivity index (χ4v) is 4.17. The Bertz CT molecular complexity index is 1180. The van der Waals surface area contributed by atoms with Gasteiger partial charge >= 0.3 is 0 Å². The molecule has 2 aliphatic heterocycles. The van der Waals surface area contributed by atoms with Crippen LogP contribution in [0.15, 0.2) is 59.7 Å². The van der Waals surface area contributed by atoms with Crippen molar-refractivity contribution in [3.8, 4) is 17.2 Å². The van der Waals surface area contributed by atoms with E-state index in [0.717, 1.165) is 54.8 Å². The number of hydrogen-bond donors (Lipinski definition) is 1. The fraction of sp³-hybridized carbons (Fsp3) is 0.393. The molecule has 2 aromatic carbocycles. The van der Waals surface area contributed by atoms with E-state index >= 15 is 0 Å². The highest BCUT2D eigenvalue weighted by Gasteiger charge is 2.19. The Morgan fingerprint density at radius 3 is 2.21 bits per heavy atom. The molecule has 0 spiro atoms. The average Bonchev–Trinajstić information content (AvgIpc) is 3.01. The van der Waals surface area contributed by atoms with Gasteiger partial charge in [-0.25, -0.2) is 0 Å². The van der Waals surface area contributed by atoms with Gasteiger partial charge in [0.1, 0.15) is 36.3 Å². The lowest BCUT2D eigenvalue weighted by molar-refractivity contribution is 0.121. The zero-order valence-electron chi connectivity index (χ0n) is 22.1. The highest BCUT2D eigenvalue weighted by atomic mass is 16.5. The first kappa shape index (κ1) is 26.5. The minimum atomic E-state index is 0.427. The van der Waals surface area contributed by atoms with Crippen LogP contribution in [-0.4, -0.2) is 89.1 Å². The molecule has 2 aliphatic rings. The SMILES string of the molecule is COc1cccc(OCCOc2ccc(/C=N\Nc3cc(N4CCOCC4)nc(N4CCOCC4)n3)cc2)c1. The van der Waals surface area contributed by atoms with Crippen LogP contribution in [-0.2, 0) is 9.47 Å². The smallest absolute Gasteiger partial charge is 0.229 e. The van der Waals surface area contributed by atoms with Gasteiger partial charge in [-0.15, -0.1) is 0 Å². The van der Waals surface area contributed by atoms with Crippen molar-refractivity contribution in [1.82, 2.24) is 9.97 Å². The predicted octanol–water partition coefficient (Wildman–Crippen LogP) is 3.06. The summed E-state index contributed by atoms with van der Waals surface area (Å²) in [5.41, 5.74) is 4.01. The third-order valence-electron chi connectivity index (χ3n) is 6.26. The second-order valence-electron chi connectivity index (χ2n) is 8.93. The summed E-state index contributed by atoms with van der Waals surface area (Å²) in [6, 6.07) is 17.1. The van der Waals surface area contributed by atoms with E-state index < -0.39 is 0 Å². The highest BCUT2D eigenvalue weighted by Crippen LogP contribution is 2.22. The molecule has 2 fully saturated rings. The van der Waals surface area contributed by atoms with Gasteiger partial charge in [0.2, 0.25) is 5.95 Å². The minimum Gasteiger partial charge on any atom is -0.497 e. The molecule has 3 aromatic rings. The number of hydrazone groups is 1. The van der Waals surface area contributed by atoms with Gasteiger partial charge in [0.15, 0.2) is 5.82 Å². The first-order chi connectivity index (χ1) is 19.3. The van der Waals surface area contributed by atoms with Crippen molar-refractivity contribution in [3.63, 3.8) is 0 Å². The number of benzene rings is 2. The lowest BCUT2D eigenvalue weighted by Gasteiger charge is -2.31. The third kappa shape index (κ3) is 7.71. The largest absolute Gasteiger partial charge is 0.497 e. The van der Waals surface area contributed by atoms with E-state index in [1.165, 1.54) is 0 Å². The molecule has 1 aromatic heterocycles. The summed E-state index contributed by atoms with van der Waals surface area (Å²) in [4.78, 5) is 13.9. The van der Waals surface area contributed by atoms with Crippen molar-refractivity contribution in [2.24, 2.45) is 5.10 Å². The predicted molar refractivity (Wildman–Crippen MR) is 150 cm³/mol. The Morgan fingerprint density at radius 2 is 1.49 bits per heavy atom. The number of nitrogens with one attached hydrogen (secondary N) is 1. The van der Waals surface area contributed by atoms with Crippen LogP contribution in [0.2, 0.25) is 0 Å². The number of aromatic nitrogens is 2. The molecule has 0 unspecified atom stereocenters. The molecule has 11 heteroatoms. The quantitative estimate of drug-likeness (QED) is 0.224. The molecule has 1 N–H and O–H groups in total. The average molecular weight is 535 g/mol. The van der Waals surface area contributed by atoms with Crippen molar-refractivity contribution < 1.29 is 23.7 Å². The Morgan fingerprint density at radius 1 is 0.821 bits per heavy atom. The van der Waals surface area contributed by atoms with Crippen molar-refractivity contribution in [2.45, 2.75) is 0 Å². The van der Waals surface area contributed by atoms with Crippen LogP contribution in [0, 0.1) is 0 Å². The Kier molecular flexibility index (Phi) is 9.27. The van der Waals surface area contributed by atoms with Crippen LogP contribution in [0.3, 0.4) is 0 Å². The fourth-order valence-electron chi connectivity index (χ4n) is 4.17. The monoisotopic (exact) mass is 534 g/mol. The van der Waals surface area contributed by atoms with Crippen molar-refractivity contribution >= 4 is 23.8 Å². The Hall–Kier alpha value is -4.09. The summed E-state index contributed by atoms with van der Waals surface area (Å²) in [6.45, 7) is 6.68. The maximum Gasteiger partial charge on any atom is 0.229 e. The molecular formula is C28H34N6O5. The van der Waals surface area contributed by atoms with E-state index in [1.54, 1.807) is 13.3 Å². The second-order valence-corrected chi connectivity index (χ2v) is 8.93. The Balaban J connectivity index is 1.15. The van der Waals surface area contributed by atoms with E-state index in [1.807, 2.05) is 54.6 Å². The maximum absolute atomic E-state index is 5.79. The topological polar surface area (TPSA) is 103 Å². The lowest BCUT2D eigenvalue weighted by Crippen LogP contribution is -2.39. The van der Waals surface area contributed by atoms with Crippen LogP contribution in [0.1, 0.15) is 5.56 Å². The molecule has 3 heterocycles. The van der Waals surface area contributed by atoms with Crippen molar-refractivity contribution in [2.75, 3.05) is 88.2 Å². The van der Waals surface area contributed by atoms with Crippen LogP contribution in [0.5, 0.6) is 17.2 Å². The van der Waals surface area contributed by atoms with Gasteiger partial charge in [-0.05, 0) is 42.0 Å². The molecule has 2 saturated heterocycles. The van der Waals surface area contributed by atoms with Gasteiger partial charge in [0, 0.05) is 38.3 Å². The summed E-state index contributed by atoms with van der Waals surface area (Å²) in [5, 5.41) is 4.41. The van der Waals surface area contributed by atoms with Gasteiger partial charge in [-0.2, -0.15) is 15.1 Å². The third-order valence-corrected chi connectivity index (χ3v) is 6.26. The van der Waals surface area contributed by atoms with Gasteiger partial charge in [-0.3, -0.25) is 5.43 Å². The molecule has 0 atom stereocenters. The van der Waals surface area contributed by atoms with E-state index in [9.17, 15) is 0 Å². The number of methoxy groups -OCH3 is 1. The van der Waals surface area contributed by atoms with Crippen LogP contribution < -0.4 is 29.4 Å². The van der Waals surface area contributed by atoms with Gasteiger partial charge < -0.3 is 33.5 Å². The minimum absolute atomic E-state index is 0.427.